The van der Waals surface area contributed by atoms with Crippen LogP contribution in [0.1, 0.15) is 97.9 Å². The third-order valence-corrected chi connectivity index (χ3v) is 10.2. The Hall–Kier alpha value is -2.79. The summed E-state index contributed by atoms with van der Waals surface area (Å²) < 4.78 is 40.9. The molecule has 0 unspecified atom stereocenters. The zero-order valence-corrected chi connectivity index (χ0v) is 25.0. The smallest absolute Gasteiger partial charge is 0.344 e. The molecule has 1 aromatic heterocycles. The number of alkyl halides is 3. The molecule has 0 radical (unpaired) electrons. The predicted molar refractivity (Wildman–Crippen MR) is 154 cm³/mol. The second-order valence-electron chi connectivity index (χ2n) is 11.9. The Morgan fingerprint density at radius 1 is 1.07 bits per heavy atom. The number of hydrogen-bond acceptors (Lipinski definition) is 6. The number of carbonyl (C=O) groups excluding carboxylic acids is 3. The van der Waals surface area contributed by atoms with Crippen LogP contribution in [0.4, 0.5) is 13.2 Å². The molecule has 2 saturated heterocycles. The summed E-state index contributed by atoms with van der Waals surface area (Å²) in [6, 6.07) is 3.85. The molecular weight excluding hydrogens is 565 g/mol. The number of rotatable bonds is 8. The number of benzene rings is 1. The molecule has 11 heteroatoms. The molecule has 42 heavy (non-hydrogen) atoms. The quantitative estimate of drug-likeness (QED) is 0.382. The van der Waals surface area contributed by atoms with Gasteiger partial charge in [-0.1, -0.05) is 51.3 Å². The van der Waals surface area contributed by atoms with E-state index in [1.54, 1.807) is 0 Å². The highest BCUT2D eigenvalue weighted by Gasteiger charge is 2.44. The number of hydrogen-bond donors (Lipinski definition) is 1. The standard InChI is InChI=1S/C31H39F3N4O3S/c1-3-19(2)28(40)36-26(20-10-5-4-6-11-20)30(41)38-16-21-12-9-15-37(21)17-25(38)29-35-24(18-42-29)27(39)22-13-7-8-14-23(22)31(32,33)34/h7-8,13-14,18-21,25-26H,3-6,9-12,15-17H2,1-2H3,(H,36,40)/t19-,21-,25+,26+/m1/s1. The maximum atomic E-state index is 14.4. The monoisotopic (exact) mass is 604 g/mol. The Kier molecular flexibility index (Phi) is 9.37. The van der Waals surface area contributed by atoms with Crippen LogP contribution in [0.25, 0.3) is 0 Å². The molecule has 0 spiro atoms. The molecule has 0 bridgehead atoms. The highest BCUT2D eigenvalue weighted by Crippen LogP contribution is 2.37. The zero-order chi connectivity index (χ0) is 30.0. The zero-order valence-electron chi connectivity index (χ0n) is 24.2. The minimum atomic E-state index is -4.67. The normalized spacial score (nSPS) is 23.3. The first-order valence-electron chi connectivity index (χ1n) is 15.1. The Morgan fingerprint density at radius 2 is 1.81 bits per heavy atom. The van der Waals surface area contributed by atoms with Crippen molar-refractivity contribution in [3.05, 3.63) is 51.5 Å². The lowest BCUT2D eigenvalue weighted by atomic mass is 9.82. The second-order valence-corrected chi connectivity index (χ2v) is 12.8. The van der Waals surface area contributed by atoms with E-state index >= 15 is 0 Å². The predicted octanol–water partition coefficient (Wildman–Crippen LogP) is 5.85. The summed E-state index contributed by atoms with van der Waals surface area (Å²) in [5.74, 6) is -1.20. The first kappa shape index (κ1) is 30.7. The Balaban J connectivity index is 1.45. The van der Waals surface area contributed by atoms with Crippen molar-refractivity contribution >= 4 is 28.9 Å². The van der Waals surface area contributed by atoms with E-state index in [0.717, 1.165) is 57.6 Å². The van der Waals surface area contributed by atoms with Crippen LogP contribution in [-0.4, -0.2) is 64.1 Å². The van der Waals surface area contributed by atoms with Gasteiger partial charge in [0.15, 0.2) is 0 Å². The maximum Gasteiger partial charge on any atom is 0.417 e. The fourth-order valence-electron chi connectivity index (χ4n) is 6.59. The summed E-state index contributed by atoms with van der Waals surface area (Å²) in [6.45, 7) is 5.74. The molecule has 1 saturated carbocycles. The van der Waals surface area contributed by atoms with Gasteiger partial charge in [-0.15, -0.1) is 11.3 Å². The summed E-state index contributed by atoms with van der Waals surface area (Å²) >= 11 is 1.20. The van der Waals surface area contributed by atoms with Gasteiger partial charge in [0.2, 0.25) is 17.6 Å². The average Bonchev–Trinajstić information content (AvgIpc) is 3.68. The highest BCUT2D eigenvalue weighted by atomic mass is 32.1. The van der Waals surface area contributed by atoms with Crippen molar-refractivity contribution in [2.24, 2.45) is 11.8 Å². The van der Waals surface area contributed by atoms with Crippen molar-refractivity contribution in [2.45, 2.75) is 89.5 Å². The van der Waals surface area contributed by atoms with Crippen LogP contribution in [0.15, 0.2) is 29.6 Å². The molecule has 2 amide bonds. The number of nitrogens with zero attached hydrogens (tertiary/aromatic N) is 3. The lowest BCUT2D eigenvalue weighted by Crippen LogP contribution is -2.60. The fourth-order valence-corrected chi connectivity index (χ4v) is 7.49. The van der Waals surface area contributed by atoms with Gasteiger partial charge in [0, 0.05) is 36.0 Å². The van der Waals surface area contributed by atoms with E-state index in [1.165, 1.54) is 34.9 Å². The van der Waals surface area contributed by atoms with Crippen molar-refractivity contribution in [2.75, 3.05) is 19.6 Å². The Bertz CT molecular complexity index is 1290. The molecule has 4 atom stereocenters. The van der Waals surface area contributed by atoms with Gasteiger partial charge in [-0.3, -0.25) is 19.3 Å². The van der Waals surface area contributed by atoms with Crippen LogP contribution in [0.3, 0.4) is 0 Å². The van der Waals surface area contributed by atoms with Gasteiger partial charge in [0.05, 0.1) is 11.6 Å². The minimum Gasteiger partial charge on any atom is -0.344 e. The molecule has 2 aliphatic heterocycles. The number of piperazine rings is 1. The van der Waals surface area contributed by atoms with Crippen LogP contribution in [-0.2, 0) is 15.8 Å². The van der Waals surface area contributed by atoms with Gasteiger partial charge >= 0.3 is 6.18 Å². The first-order valence-corrected chi connectivity index (χ1v) is 16.0. The summed E-state index contributed by atoms with van der Waals surface area (Å²) in [5, 5.41) is 5.13. The number of carbonyl (C=O) groups is 3. The van der Waals surface area contributed by atoms with Crippen molar-refractivity contribution in [3.63, 3.8) is 0 Å². The van der Waals surface area contributed by atoms with Crippen LogP contribution < -0.4 is 5.32 Å². The van der Waals surface area contributed by atoms with E-state index in [4.69, 9.17) is 0 Å². The van der Waals surface area contributed by atoms with Crippen LogP contribution in [0.5, 0.6) is 0 Å². The first-order chi connectivity index (χ1) is 20.1. The van der Waals surface area contributed by atoms with Gasteiger partial charge in [0.1, 0.15) is 16.7 Å². The summed E-state index contributed by atoms with van der Waals surface area (Å²) in [4.78, 5) is 49.4. The number of thiazole rings is 1. The van der Waals surface area contributed by atoms with Gasteiger partial charge in [-0.05, 0) is 50.6 Å². The molecule has 3 aliphatic rings. The van der Waals surface area contributed by atoms with Crippen LogP contribution >= 0.6 is 11.3 Å². The number of halogens is 3. The summed E-state index contributed by atoms with van der Waals surface area (Å²) in [7, 11) is 0. The SMILES string of the molecule is CC[C@@H](C)C(=O)N[C@H](C(=O)N1C[C@H]2CCCN2C[C@H]1c1nc(C(=O)c2ccccc2C(F)(F)F)cs1)C1CCCCC1. The average molecular weight is 605 g/mol. The number of aromatic nitrogens is 1. The molecule has 1 aliphatic carbocycles. The third-order valence-electron chi connectivity index (χ3n) is 9.24. The number of ketones is 1. The largest absolute Gasteiger partial charge is 0.417 e. The molecule has 3 heterocycles. The van der Waals surface area contributed by atoms with E-state index in [1.807, 2.05) is 18.7 Å². The van der Waals surface area contributed by atoms with E-state index in [2.05, 4.69) is 15.2 Å². The van der Waals surface area contributed by atoms with Gasteiger partial charge in [-0.25, -0.2) is 4.98 Å². The fraction of sp³-hybridized carbons (Fsp3) is 0.613. The van der Waals surface area contributed by atoms with Gasteiger partial charge < -0.3 is 10.2 Å². The summed E-state index contributed by atoms with van der Waals surface area (Å²) in [5.41, 5.74) is -1.49. The third kappa shape index (κ3) is 6.41. The molecule has 1 aromatic carbocycles. The van der Waals surface area contributed by atoms with Gasteiger partial charge in [-0.2, -0.15) is 13.2 Å². The molecule has 3 fully saturated rings. The van der Waals surface area contributed by atoms with Crippen molar-refractivity contribution in [3.8, 4) is 0 Å². The molecule has 1 N–H and O–H groups in total. The number of nitrogens with one attached hydrogen (secondary N) is 1. The molecular formula is C31H39F3N4O3S. The van der Waals surface area contributed by atoms with Crippen LogP contribution in [0.2, 0.25) is 0 Å². The van der Waals surface area contributed by atoms with E-state index in [-0.39, 0.29) is 35.4 Å². The van der Waals surface area contributed by atoms with E-state index in [0.29, 0.717) is 24.5 Å². The lowest BCUT2D eigenvalue weighted by molar-refractivity contribution is -0.144. The molecule has 2 aromatic rings. The topological polar surface area (TPSA) is 82.6 Å². The second kappa shape index (κ2) is 12.8. The maximum absolute atomic E-state index is 14.4. The highest BCUT2D eigenvalue weighted by molar-refractivity contribution is 7.10. The van der Waals surface area contributed by atoms with Crippen molar-refractivity contribution in [1.82, 2.24) is 20.1 Å². The van der Waals surface area contributed by atoms with Crippen LogP contribution in [0, 0.1) is 11.8 Å². The number of amides is 2. The van der Waals surface area contributed by atoms with Gasteiger partial charge in [0.25, 0.3) is 0 Å². The molecule has 5 rings (SSSR count). The molecule has 228 valence electrons. The molecule has 7 nitrogen and oxygen atoms in total. The Labute approximate surface area is 248 Å². The Morgan fingerprint density at radius 3 is 2.52 bits per heavy atom. The lowest BCUT2D eigenvalue weighted by Gasteiger charge is -2.45. The van der Waals surface area contributed by atoms with E-state index < -0.39 is 35.2 Å². The summed E-state index contributed by atoms with van der Waals surface area (Å²) in [6.07, 6.45) is 2.90. The van der Waals surface area contributed by atoms with Crippen molar-refractivity contribution in [1.29, 1.82) is 0 Å². The number of fused-ring (bicyclic) bond motifs is 1. The van der Waals surface area contributed by atoms with Crippen molar-refractivity contribution < 1.29 is 27.6 Å². The minimum absolute atomic E-state index is 0.0498. The van der Waals surface area contributed by atoms with E-state index in [9.17, 15) is 27.6 Å².